The van der Waals surface area contributed by atoms with E-state index < -0.39 is 6.04 Å². The molecule has 0 spiro atoms. The van der Waals surface area contributed by atoms with Crippen molar-refractivity contribution in [3.8, 4) is 11.5 Å². The maximum Gasteiger partial charge on any atom is 0.261 e. The molecule has 1 N–H and O–H groups in total. The highest BCUT2D eigenvalue weighted by atomic mass is 16.5. The van der Waals surface area contributed by atoms with Crippen molar-refractivity contribution >= 4 is 11.8 Å². The van der Waals surface area contributed by atoms with E-state index in [0.29, 0.717) is 12.3 Å². The van der Waals surface area contributed by atoms with E-state index >= 15 is 0 Å². The number of carbonyl (C=O) groups excluding carboxylic acids is 2. The summed E-state index contributed by atoms with van der Waals surface area (Å²) >= 11 is 0. The predicted molar refractivity (Wildman–Crippen MR) is 108 cm³/mol. The topological polar surface area (TPSA) is 67.9 Å². The number of aryl methyl sites for hydroxylation is 2. The number of likely N-dealkylation sites (N-methyl/N-ethyl adjacent to an activating group) is 1. The van der Waals surface area contributed by atoms with Gasteiger partial charge in [0.25, 0.3) is 5.91 Å². The Labute approximate surface area is 166 Å². The van der Waals surface area contributed by atoms with Gasteiger partial charge < -0.3 is 19.7 Å². The molecule has 2 aromatic rings. The van der Waals surface area contributed by atoms with Crippen LogP contribution >= 0.6 is 0 Å². The van der Waals surface area contributed by atoms with Crippen LogP contribution < -0.4 is 14.8 Å². The molecule has 0 aliphatic heterocycles. The number of methoxy groups -OCH3 is 1. The first-order chi connectivity index (χ1) is 13.3. The Bertz CT molecular complexity index is 818. The first-order valence-corrected chi connectivity index (χ1v) is 9.19. The Hall–Kier alpha value is -3.02. The van der Waals surface area contributed by atoms with Crippen LogP contribution in [-0.2, 0) is 16.1 Å². The number of amides is 2. The number of hydrogen-bond acceptors (Lipinski definition) is 4. The zero-order valence-electron chi connectivity index (χ0n) is 17.1. The molecule has 0 aliphatic carbocycles. The van der Waals surface area contributed by atoms with Crippen molar-refractivity contribution in [1.82, 2.24) is 10.2 Å². The van der Waals surface area contributed by atoms with Gasteiger partial charge in [-0.1, -0.05) is 18.2 Å². The van der Waals surface area contributed by atoms with Gasteiger partial charge in [-0.05, 0) is 61.7 Å². The standard InChI is InChI=1S/C22H28N2O4/c1-15-6-9-20(12-16(15)2)28-14-21(25)24(17(3)22(26)23-4)13-18-7-10-19(27-5)11-8-18/h6-12,17H,13-14H2,1-5H3,(H,23,26). The van der Waals surface area contributed by atoms with E-state index in [1.165, 1.54) is 4.90 Å². The van der Waals surface area contributed by atoms with Gasteiger partial charge in [-0.15, -0.1) is 0 Å². The summed E-state index contributed by atoms with van der Waals surface area (Å²) < 4.78 is 10.8. The molecule has 6 nitrogen and oxygen atoms in total. The van der Waals surface area contributed by atoms with Gasteiger partial charge in [0.2, 0.25) is 5.91 Å². The van der Waals surface area contributed by atoms with Gasteiger partial charge in [-0.3, -0.25) is 9.59 Å². The van der Waals surface area contributed by atoms with Crippen molar-refractivity contribution in [3.63, 3.8) is 0 Å². The smallest absolute Gasteiger partial charge is 0.261 e. The van der Waals surface area contributed by atoms with Gasteiger partial charge in [0.1, 0.15) is 17.5 Å². The van der Waals surface area contributed by atoms with Gasteiger partial charge >= 0.3 is 0 Å². The van der Waals surface area contributed by atoms with Gasteiger partial charge in [0, 0.05) is 13.6 Å². The molecule has 0 fully saturated rings. The van der Waals surface area contributed by atoms with E-state index in [1.54, 1.807) is 21.1 Å². The lowest BCUT2D eigenvalue weighted by Gasteiger charge is -2.28. The van der Waals surface area contributed by atoms with Crippen LogP contribution in [0.5, 0.6) is 11.5 Å². The molecule has 1 unspecified atom stereocenters. The monoisotopic (exact) mass is 384 g/mol. The molecular formula is C22H28N2O4. The molecule has 2 rings (SSSR count). The summed E-state index contributed by atoms with van der Waals surface area (Å²) in [6.45, 7) is 5.88. The Morgan fingerprint density at radius 3 is 2.25 bits per heavy atom. The van der Waals surface area contributed by atoms with Gasteiger partial charge in [-0.25, -0.2) is 0 Å². The van der Waals surface area contributed by atoms with Crippen LogP contribution in [0.25, 0.3) is 0 Å². The largest absolute Gasteiger partial charge is 0.497 e. The molecule has 2 aromatic carbocycles. The van der Waals surface area contributed by atoms with Crippen LogP contribution in [0, 0.1) is 13.8 Å². The van der Waals surface area contributed by atoms with E-state index in [-0.39, 0.29) is 18.4 Å². The molecule has 1 atom stereocenters. The summed E-state index contributed by atoms with van der Waals surface area (Å²) in [6.07, 6.45) is 0. The predicted octanol–water partition coefficient (Wildman–Crippen LogP) is 2.85. The quantitative estimate of drug-likeness (QED) is 0.760. The third-order valence-electron chi connectivity index (χ3n) is 4.77. The number of carbonyl (C=O) groups is 2. The third-order valence-corrected chi connectivity index (χ3v) is 4.77. The minimum Gasteiger partial charge on any atom is -0.497 e. The molecule has 0 bridgehead atoms. The summed E-state index contributed by atoms with van der Waals surface area (Å²) in [4.78, 5) is 26.5. The molecule has 0 heterocycles. The van der Waals surface area contributed by atoms with Crippen molar-refractivity contribution in [1.29, 1.82) is 0 Å². The minimum absolute atomic E-state index is 0.139. The molecule has 0 aromatic heterocycles. The van der Waals surface area contributed by atoms with E-state index in [1.807, 2.05) is 56.3 Å². The van der Waals surface area contributed by atoms with Crippen molar-refractivity contribution in [2.45, 2.75) is 33.4 Å². The lowest BCUT2D eigenvalue weighted by molar-refractivity contribution is -0.142. The van der Waals surface area contributed by atoms with Crippen molar-refractivity contribution in [2.24, 2.45) is 0 Å². The molecule has 0 saturated carbocycles. The highest BCUT2D eigenvalue weighted by molar-refractivity contribution is 5.87. The SMILES string of the molecule is CNC(=O)C(C)N(Cc1ccc(OC)cc1)C(=O)COc1ccc(C)c(C)c1. The summed E-state index contributed by atoms with van der Waals surface area (Å²) in [5.41, 5.74) is 3.16. The van der Waals surface area contributed by atoms with E-state index in [9.17, 15) is 9.59 Å². The van der Waals surface area contributed by atoms with E-state index in [0.717, 1.165) is 22.4 Å². The van der Waals surface area contributed by atoms with Crippen LogP contribution in [-0.4, -0.2) is 43.5 Å². The zero-order chi connectivity index (χ0) is 20.7. The fourth-order valence-electron chi connectivity index (χ4n) is 2.75. The second kappa shape index (κ2) is 9.78. The van der Waals surface area contributed by atoms with Gasteiger partial charge in [0.15, 0.2) is 6.61 Å². The van der Waals surface area contributed by atoms with Crippen LogP contribution in [0.2, 0.25) is 0 Å². The van der Waals surface area contributed by atoms with Crippen LogP contribution in [0.15, 0.2) is 42.5 Å². The fourth-order valence-corrected chi connectivity index (χ4v) is 2.75. The summed E-state index contributed by atoms with van der Waals surface area (Å²) in [5.74, 6) is 0.880. The van der Waals surface area contributed by atoms with Crippen LogP contribution in [0.3, 0.4) is 0 Å². The Morgan fingerprint density at radius 2 is 1.68 bits per heavy atom. The second-order valence-electron chi connectivity index (χ2n) is 6.69. The average Bonchev–Trinajstić information content (AvgIpc) is 2.71. The van der Waals surface area contributed by atoms with Gasteiger partial charge in [-0.2, -0.15) is 0 Å². The Kier molecular flexibility index (Phi) is 7.44. The summed E-state index contributed by atoms with van der Waals surface area (Å²) in [5, 5.41) is 2.60. The first-order valence-electron chi connectivity index (χ1n) is 9.19. The lowest BCUT2D eigenvalue weighted by Crippen LogP contribution is -2.48. The molecule has 6 heteroatoms. The van der Waals surface area contributed by atoms with E-state index in [2.05, 4.69) is 5.32 Å². The number of nitrogens with zero attached hydrogens (tertiary/aromatic N) is 1. The third kappa shape index (κ3) is 5.49. The first kappa shape index (κ1) is 21.3. The molecule has 28 heavy (non-hydrogen) atoms. The summed E-state index contributed by atoms with van der Waals surface area (Å²) in [6, 6.07) is 12.5. The average molecular weight is 384 g/mol. The minimum atomic E-state index is -0.622. The maximum atomic E-state index is 12.9. The van der Waals surface area contributed by atoms with Crippen molar-refractivity contribution < 1.29 is 19.1 Å². The highest BCUT2D eigenvalue weighted by Gasteiger charge is 2.25. The number of benzene rings is 2. The Balaban J connectivity index is 2.13. The van der Waals surface area contributed by atoms with Crippen molar-refractivity contribution in [3.05, 3.63) is 59.2 Å². The van der Waals surface area contributed by atoms with Crippen LogP contribution in [0.1, 0.15) is 23.6 Å². The summed E-state index contributed by atoms with van der Waals surface area (Å²) in [7, 11) is 3.16. The lowest BCUT2D eigenvalue weighted by atomic mass is 10.1. The molecule has 0 radical (unpaired) electrons. The Morgan fingerprint density at radius 1 is 1.04 bits per heavy atom. The molecule has 0 aliphatic rings. The number of nitrogens with one attached hydrogen (secondary N) is 1. The second-order valence-corrected chi connectivity index (χ2v) is 6.69. The highest BCUT2D eigenvalue weighted by Crippen LogP contribution is 2.18. The van der Waals surface area contributed by atoms with Gasteiger partial charge in [0.05, 0.1) is 7.11 Å². The fraction of sp³-hybridized carbons (Fsp3) is 0.364. The van der Waals surface area contributed by atoms with Crippen LogP contribution in [0.4, 0.5) is 0 Å². The number of ether oxygens (including phenoxy) is 2. The molecule has 2 amide bonds. The van der Waals surface area contributed by atoms with Crippen molar-refractivity contribution in [2.75, 3.05) is 20.8 Å². The molecule has 0 saturated heterocycles. The molecule has 150 valence electrons. The van der Waals surface area contributed by atoms with E-state index in [4.69, 9.17) is 9.47 Å². The number of rotatable bonds is 8. The number of hydrogen-bond donors (Lipinski definition) is 1. The zero-order valence-corrected chi connectivity index (χ0v) is 17.1. The molecular weight excluding hydrogens is 356 g/mol. The normalized spacial score (nSPS) is 11.5. The maximum absolute atomic E-state index is 12.9.